The molecule has 0 aromatic heterocycles. The van der Waals surface area contributed by atoms with Crippen LogP contribution in [0.25, 0.3) is 0 Å². The average Bonchev–Trinajstić information content (AvgIpc) is 2.60. The predicted octanol–water partition coefficient (Wildman–Crippen LogP) is 1.24. The lowest BCUT2D eigenvalue weighted by atomic mass is 10.2. The Labute approximate surface area is 144 Å². The molecule has 1 aromatic rings. The second-order valence-corrected chi connectivity index (χ2v) is 5.28. The highest BCUT2D eigenvalue weighted by atomic mass is 16.5. The lowest BCUT2D eigenvalue weighted by Gasteiger charge is -2.23. The molecular formula is C17H28N4O3. The third kappa shape index (κ3) is 5.98. The number of guanidine groups is 1. The highest BCUT2D eigenvalue weighted by Gasteiger charge is 2.12. The number of benzene rings is 1. The van der Waals surface area contributed by atoms with E-state index in [-0.39, 0.29) is 12.5 Å². The molecule has 0 aliphatic carbocycles. The number of nitrogens with zero attached hydrogens (tertiary/aromatic N) is 2. The van der Waals surface area contributed by atoms with Crippen molar-refractivity contribution in [2.24, 2.45) is 4.99 Å². The van der Waals surface area contributed by atoms with Crippen molar-refractivity contribution < 1.29 is 14.3 Å². The Hall–Kier alpha value is -2.44. The van der Waals surface area contributed by atoms with E-state index in [0.717, 1.165) is 23.5 Å². The van der Waals surface area contributed by atoms with Crippen LogP contribution in [0.4, 0.5) is 0 Å². The predicted molar refractivity (Wildman–Crippen MR) is 95.7 cm³/mol. The maximum Gasteiger partial charge on any atom is 0.239 e. The number of amides is 1. The average molecular weight is 336 g/mol. The lowest BCUT2D eigenvalue weighted by Crippen LogP contribution is -2.43. The van der Waals surface area contributed by atoms with Crippen LogP contribution in [0.1, 0.15) is 18.9 Å². The Bertz CT molecular complexity index is 561. The van der Waals surface area contributed by atoms with Crippen LogP contribution in [0.5, 0.6) is 11.5 Å². The monoisotopic (exact) mass is 336 g/mol. The van der Waals surface area contributed by atoms with Crippen molar-refractivity contribution in [1.82, 2.24) is 15.5 Å². The van der Waals surface area contributed by atoms with E-state index in [0.29, 0.717) is 19.0 Å². The molecule has 0 atom stereocenters. The third-order valence-corrected chi connectivity index (χ3v) is 3.45. The van der Waals surface area contributed by atoms with Crippen molar-refractivity contribution in [3.05, 3.63) is 23.8 Å². The normalized spacial score (nSPS) is 11.0. The van der Waals surface area contributed by atoms with Crippen LogP contribution in [-0.4, -0.2) is 58.2 Å². The van der Waals surface area contributed by atoms with Gasteiger partial charge in [0, 0.05) is 38.8 Å². The van der Waals surface area contributed by atoms with Gasteiger partial charge in [-0.1, -0.05) is 6.92 Å². The van der Waals surface area contributed by atoms with Gasteiger partial charge in [0.1, 0.15) is 11.5 Å². The van der Waals surface area contributed by atoms with Crippen LogP contribution in [0.3, 0.4) is 0 Å². The van der Waals surface area contributed by atoms with E-state index < -0.39 is 0 Å². The summed E-state index contributed by atoms with van der Waals surface area (Å²) in [4.78, 5) is 17.8. The Morgan fingerprint density at radius 2 is 2.00 bits per heavy atom. The Morgan fingerprint density at radius 3 is 2.58 bits per heavy atom. The first-order chi connectivity index (χ1) is 11.5. The van der Waals surface area contributed by atoms with Crippen molar-refractivity contribution in [2.45, 2.75) is 19.9 Å². The van der Waals surface area contributed by atoms with Crippen molar-refractivity contribution in [3.8, 4) is 11.5 Å². The largest absolute Gasteiger partial charge is 0.497 e. The number of carbonyl (C=O) groups is 1. The second kappa shape index (κ2) is 10.4. The van der Waals surface area contributed by atoms with Gasteiger partial charge in [-0.05, 0) is 18.6 Å². The molecule has 7 heteroatoms. The summed E-state index contributed by atoms with van der Waals surface area (Å²) in [5, 5.41) is 5.88. The maximum absolute atomic E-state index is 11.7. The number of nitrogens with one attached hydrogen (secondary N) is 2. The van der Waals surface area contributed by atoms with E-state index in [1.54, 1.807) is 21.3 Å². The zero-order valence-corrected chi connectivity index (χ0v) is 15.2. The van der Waals surface area contributed by atoms with E-state index in [2.05, 4.69) is 15.6 Å². The van der Waals surface area contributed by atoms with Gasteiger partial charge in [-0.25, -0.2) is 0 Å². The van der Waals surface area contributed by atoms with Gasteiger partial charge in [-0.2, -0.15) is 0 Å². The van der Waals surface area contributed by atoms with Crippen LogP contribution >= 0.6 is 0 Å². The number of carbonyl (C=O) groups excluding carboxylic acids is 1. The molecule has 1 amide bonds. The summed E-state index contributed by atoms with van der Waals surface area (Å²) >= 11 is 0. The topological polar surface area (TPSA) is 75.2 Å². The molecule has 7 nitrogen and oxygen atoms in total. The fourth-order valence-corrected chi connectivity index (χ4v) is 2.18. The standard InChI is InChI=1S/C17H28N4O3/c1-6-9-19-16(22)11-20-17(18-2)21(3)12-13-7-8-14(23-4)10-15(13)24-5/h7-8,10H,6,9,11-12H2,1-5H3,(H,18,20)(H,19,22). The fraction of sp³-hybridized carbons (Fsp3) is 0.529. The zero-order valence-electron chi connectivity index (χ0n) is 15.2. The molecule has 0 fully saturated rings. The molecule has 0 bridgehead atoms. The summed E-state index contributed by atoms with van der Waals surface area (Å²) in [7, 11) is 6.84. The van der Waals surface area contributed by atoms with Gasteiger partial charge in [-0.3, -0.25) is 9.79 Å². The molecular weight excluding hydrogens is 308 g/mol. The van der Waals surface area contributed by atoms with Crippen LogP contribution in [0.15, 0.2) is 23.2 Å². The Morgan fingerprint density at radius 1 is 1.25 bits per heavy atom. The molecule has 0 radical (unpaired) electrons. The minimum absolute atomic E-state index is 0.0478. The summed E-state index contributed by atoms with van der Waals surface area (Å²) in [5.41, 5.74) is 0.999. The van der Waals surface area contributed by atoms with Crippen LogP contribution in [0.2, 0.25) is 0 Å². The summed E-state index contributed by atoms with van der Waals surface area (Å²) in [5.74, 6) is 2.08. The molecule has 24 heavy (non-hydrogen) atoms. The zero-order chi connectivity index (χ0) is 17.9. The Balaban J connectivity index is 2.67. The number of aliphatic imine (C=N–C) groups is 1. The molecule has 0 heterocycles. The quantitative estimate of drug-likeness (QED) is 0.552. The minimum atomic E-state index is -0.0478. The molecule has 0 saturated heterocycles. The SMILES string of the molecule is CCCNC(=O)CNC(=NC)N(C)Cc1ccc(OC)cc1OC. The van der Waals surface area contributed by atoms with E-state index >= 15 is 0 Å². The van der Waals surface area contributed by atoms with Crippen molar-refractivity contribution in [3.63, 3.8) is 0 Å². The van der Waals surface area contributed by atoms with E-state index in [1.165, 1.54) is 0 Å². The van der Waals surface area contributed by atoms with E-state index in [1.807, 2.05) is 37.1 Å². The van der Waals surface area contributed by atoms with Gasteiger partial charge in [-0.15, -0.1) is 0 Å². The highest BCUT2D eigenvalue weighted by molar-refractivity contribution is 5.86. The van der Waals surface area contributed by atoms with Crippen molar-refractivity contribution in [2.75, 3.05) is 41.4 Å². The van der Waals surface area contributed by atoms with Gasteiger partial charge in [0.05, 0.1) is 20.8 Å². The highest BCUT2D eigenvalue weighted by Crippen LogP contribution is 2.25. The number of rotatable bonds is 8. The van der Waals surface area contributed by atoms with Gasteiger partial charge in [0.2, 0.25) is 5.91 Å². The third-order valence-electron chi connectivity index (χ3n) is 3.45. The number of ether oxygens (including phenoxy) is 2. The van der Waals surface area contributed by atoms with Crippen LogP contribution in [-0.2, 0) is 11.3 Å². The molecule has 2 N–H and O–H groups in total. The molecule has 134 valence electrons. The summed E-state index contributed by atoms with van der Waals surface area (Å²) in [6.45, 7) is 3.47. The number of hydrogen-bond donors (Lipinski definition) is 2. The summed E-state index contributed by atoms with van der Waals surface area (Å²) in [6.07, 6.45) is 0.914. The Kier molecular flexibility index (Phi) is 8.46. The number of hydrogen-bond acceptors (Lipinski definition) is 4. The van der Waals surface area contributed by atoms with Gasteiger partial charge in [0.15, 0.2) is 5.96 Å². The molecule has 1 aromatic carbocycles. The van der Waals surface area contributed by atoms with E-state index in [4.69, 9.17) is 9.47 Å². The summed E-state index contributed by atoms with van der Waals surface area (Å²) < 4.78 is 10.6. The molecule has 0 aliphatic rings. The first kappa shape index (κ1) is 19.6. The van der Waals surface area contributed by atoms with Crippen LogP contribution < -0.4 is 20.1 Å². The first-order valence-corrected chi connectivity index (χ1v) is 7.95. The molecule has 0 aliphatic heterocycles. The number of methoxy groups -OCH3 is 2. The fourth-order valence-electron chi connectivity index (χ4n) is 2.18. The van der Waals surface area contributed by atoms with Crippen molar-refractivity contribution >= 4 is 11.9 Å². The maximum atomic E-state index is 11.7. The van der Waals surface area contributed by atoms with Crippen LogP contribution in [0, 0.1) is 0 Å². The first-order valence-electron chi connectivity index (χ1n) is 7.95. The molecule has 0 saturated carbocycles. The molecule has 0 spiro atoms. The summed E-state index contributed by atoms with van der Waals surface area (Å²) in [6, 6.07) is 5.69. The van der Waals surface area contributed by atoms with Crippen molar-refractivity contribution in [1.29, 1.82) is 0 Å². The molecule has 1 rings (SSSR count). The lowest BCUT2D eigenvalue weighted by molar-refractivity contribution is -0.120. The smallest absolute Gasteiger partial charge is 0.239 e. The second-order valence-electron chi connectivity index (χ2n) is 5.28. The van der Waals surface area contributed by atoms with E-state index in [9.17, 15) is 4.79 Å². The molecule has 0 unspecified atom stereocenters. The van der Waals surface area contributed by atoms with Gasteiger partial charge >= 0.3 is 0 Å². The van der Waals surface area contributed by atoms with Gasteiger partial charge < -0.3 is 25.0 Å². The van der Waals surface area contributed by atoms with Gasteiger partial charge in [0.25, 0.3) is 0 Å². The minimum Gasteiger partial charge on any atom is -0.497 e.